The minimum Gasteiger partial charge on any atom is -0.479 e. The van der Waals surface area contributed by atoms with E-state index in [-0.39, 0.29) is 6.10 Å². The molecule has 1 aliphatic heterocycles. The van der Waals surface area contributed by atoms with Gasteiger partial charge in [0.05, 0.1) is 11.4 Å². The predicted molar refractivity (Wildman–Crippen MR) is 134 cm³/mol. The van der Waals surface area contributed by atoms with Gasteiger partial charge in [-0.15, -0.1) is 0 Å². The van der Waals surface area contributed by atoms with Gasteiger partial charge in [-0.05, 0) is 35.2 Å². The molecule has 2 heterocycles. The molecule has 0 radical (unpaired) electrons. The van der Waals surface area contributed by atoms with Crippen molar-refractivity contribution in [2.75, 3.05) is 0 Å². The zero-order valence-corrected chi connectivity index (χ0v) is 18.6. The number of rotatable bonds is 4. The van der Waals surface area contributed by atoms with Gasteiger partial charge in [-0.1, -0.05) is 109 Å². The second kappa shape index (κ2) is 8.14. The van der Waals surface area contributed by atoms with Crippen molar-refractivity contribution in [1.29, 1.82) is 0 Å². The van der Waals surface area contributed by atoms with Gasteiger partial charge in [-0.25, -0.2) is 0 Å². The Labute approximate surface area is 194 Å². The van der Waals surface area contributed by atoms with Gasteiger partial charge < -0.3 is 9.30 Å². The van der Waals surface area contributed by atoms with Crippen LogP contribution in [0.25, 0.3) is 22.4 Å². The van der Waals surface area contributed by atoms with E-state index in [1.165, 1.54) is 44.8 Å². The van der Waals surface area contributed by atoms with Crippen LogP contribution in [0.5, 0.6) is 5.75 Å². The molecule has 33 heavy (non-hydrogen) atoms. The molecule has 5 aromatic rings. The van der Waals surface area contributed by atoms with Gasteiger partial charge in [-0.3, -0.25) is 0 Å². The molecule has 1 aliphatic rings. The van der Waals surface area contributed by atoms with Crippen molar-refractivity contribution in [2.24, 2.45) is 0 Å². The average Bonchev–Trinajstić information content (AvgIpc) is 3.17. The molecule has 1 aromatic heterocycles. The van der Waals surface area contributed by atoms with Crippen molar-refractivity contribution in [1.82, 2.24) is 4.57 Å². The highest BCUT2D eigenvalue weighted by molar-refractivity contribution is 5.85. The first kappa shape index (κ1) is 19.6. The summed E-state index contributed by atoms with van der Waals surface area (Å²) in [5, 5.41) is 0. The maximum absolute atomic E-state index is 6.71. The standard InChI is InChI=1S/C31H25NO/c1-22-28-26-19-11-12-20-27(26)33-31(25-17-9-4-10-18-25)30(28)32(21-23-13-5-2-6-14-23)29(22)24-15-7-3-8-16-24/h2-20,31H,21H2,1H3/t31-/m1/s1. The van der Waals surface area contributed by atoms with Gasteiger partial charge in [0, 0.05) is 17.7 Å². The molecule has 0 aliphatic carbocycles. The van der Waals surface area contributed by atoms with Crippen LogP contribution in [0.1, 0.15) is 28.5 Å². The van der Waals surface area contributed by atoms with Crippen molar-refractivity contribution in [3.05, 3.63) is 138 Å². The number of fused-ring (bicyclic) bond motifs is 3. The van der Waals surface area contributed by atoms with Crippen LogP contribution in [0.4, 0.5) is 0 Å². The van der Waals surface area contributed by atoms with Crippen LogP contribution in [0.2, 0.25) is 0 Å². The van der Waals surface area contributed by atoms with E-state index in [4.69, 9.17) is 4.74 Å². The van der Waals surface area contributed by atoms with E-state index in [2.05, 4.69) is 127 Å². The third-order valence-corrected chi connectivity index (χ3v) is 6.53. The first-order chi connectivity index (χ1) is 16.3. The fraction of sp³-hybridized carbons (Fsp3) is 0.0968. The molecule has 0 fully saturated rings. The molecule has 0 amide bonds. The minimum absolute atomic E-state index is 0.170. The summed E-state index contributed by atoms with van der Waals surface area (Å²) in [5.74, 6) is 0.943. The number of benzene rings is 4. The Balaban J connectivity index is 1.68. The highest BCUT2D eigenvalue weighted by Gasteiger charge is 2.34. The van der Waals surface area contributed by atoms with E-state index in [1.807, 2.05) is 0 Å². The summed E-state index contributed by atoms with van der Waals surface area (Å²) < 4.78 is 9.18. The molecule has 0 unspecified atom stereocenters. The molecule has 0 bridgehead atoms. The van der Waals surface area contributed by atoms with Gasteiger partial charge in [0.1, 0.15) is 5.75 Å². The minimum atomic E-state index is -0.170. The Morgan fingerprint density at radius 2 is 1.30 bits per heavy atom. The van der Waals surface area contributed by atoms with E-state index in [1.54, 1.807) is 0 Å². The van der Waals surface area contributed by atoms with E-state index in [0.717, 1.165) is 12.3 Å². The predicted octanol–water partition coefficient (Wildman–Crippen LogP) is 7.66. The summed E-state index contributed by atoms with van der Waals surface area (Å²) in [6, 6.07) is 40.4. The molecule has 0 N–H and O–H groups in total. The number of nitrogens with zero attached hydrogens (tertiary/aromatic N) is 1. The molecule has 0 saturated heterocycles. The summed E-state index contributed by atoms with van der Waals surface area (Å²) in [5.41, 5.74) is 9.90. The molecule has 0 spiro atoms. The SMILES string of the molecule is Cc1c2c(n(Cc3ccccc3)c1-c1ccccc1)[C@@H](c1ccccc1)Oc1ccccc1-2. The molecule has 160 valence electrons. The highest BCUT2D eigenvalue weighted by atomic mass is 16.5. The van der Waals surface area contributed by atoms with Gasteiger partial charge in [0.25, 0.3) is 0 Å². The fourth-order valence-electron chi connectivity index (χ4n) is 5.09. The Kier molecular flexibility index (Phi) is 4.84. The summed E-state index contributed by atoms with van der Waals surface area (Å²) in [6.07, 6.45) is -0.170. The summed E-state index contributed by atoms with van der Waals surface area (Å²) in [6.45, 7) is 3.04. The van der Waals surface area contributed by atoms with Crippen molar-refractivity contribution in [3.8, 4) is 28.1 Å². The van der Waals surface area contributed by atoms with Crippen molar-refractivity contribution < 1.29 is 4.74 Å². The average molecular weight is 428 g/mol. The fourth-order valence-corrected chi connectivity index (χ4v) is 5.09. The van der Waals surface area contributed by atoms with Crippen LogP contribution in [-0.2, 0) is 6.54 Å². The summed E-state index contributed by atoms with van der Waals surface area (Å²) in [7, 11) is 0. The molecule has 0 saturated carbocycles. The maximum Gasteiger partial charge on any atom is 0.164 e. The van der Waals surface area contributed by atoms with Gasteiger partial charge in [0.2, 0.25) is 0 Å². The van der Waals surface area contributed by atoms with Crippen molar-refractivity contribution in [3.63, 3.8) is 0 Å². The molecular formula is C31H25NO. The molecule has 6 rings (SSSR count). The van der Waals surface area contributed by atoms with Crippen LogP contribution in [0.15, 0.2) is 115 Å². The number of ether oxygens (including phenoxy) is 1. The molecule has 1 atom stereocenters. The van der Waals surface area contributed by atoms with E-state index < -0.39 is 0 Å². The van der Waals surface area contributed by atoms with E-state index in [9.17, 15) is 0 Å². The summed E-state index contributed by atoms with van der Waals surface area (Å²) in [4.78, 5) is 0. The topological polar surface area (TPSA) is 14.2 Å². The molecule has 2 heteroatoms. The lowest BCUT2D eigenvalue weighted by atomic mass is 9.92. The molecule has 4 aromatic carbocycles. The second-order valence-electron chi connectivity index (χ2n) is 8.58. The lowest BCUT2D eigenvalue weighted by Gasteiger charge is -2.29. The van der Waals surface area contributed by atoms with Crippen LogP contribution in [0, 0.1) is 6.92 Å². The first-order valence-electron chi connectivity index (χ1n) is 11.4. The Bertz CT molecular complexity index is 1400. The zero-order chi connectivity index (χ0) is 22.2. The van der Waals surface area contributed by atoms with Crippen LogP contribution in [0.3, 0.4) is 0 Å². The van der Waals surface area contributed by atoms with E-state index >= 15 is 0 Å². The Hall–Kier alpha value is -4.04. The number of hydrogen-bond donors (Lipinski definition) is 0. The Morgan fingerprint density at radius 1 is 0.697 bits per heavy atom. The lowest BCUT2D eigenvalue weighted by Crippen LogP contribution is -2.19. The van der Waals surface area contributed by atoms with E-state index in [0.29, 0.717) is 0 Å². The third-order valence-electron chi connectivity index (χ3n) is 6.53. The highest BCUT2D eigenvalue weighted by Crippen LogP contribution is 2.50. The van der Waals surface area contributed by atoms with Crippen LogP contribution < -0.4 is 4.74 Å². The third kappa shape index (κ3) is 3.35. The normalized spacial score (nSPS) is 14.3. The largest absolute Gasteiger partial charge is 0.479 e. The van der Waals surface area contributed by atoms with Crippen molar-refractivity contribution in [2.45, 2.75) is 19.6 Å². The van der Waals surface area contributed by atoms with Gasteiger partial charge >= 0.3 is 0 Å². The van der Waals surface area contributed by atoms with Gasteiger partial charge in [-0.2, -0.15) is 0 Å². The summed E-state index contributed by atoms with van der Waals surface area (Å²) >= 11 is 0. The molecule has 2 nitrogen and oxygen atoms in total. The van der Waals surface area contributed by atoms with Crippen molar-refractivity contribution >= 4 is 0 Å². The molecular weight excluding hydrogens is 402 g/mol. The zero-order valence-electron chi connectivity index (χ0n) is 18.6. The second-order valence-corrected chi connectivity index (χ2v) is 8.58. The Morgan fingerprint density at radius 3 is 2.03 bits per heavy atom. The smallest absolute Gasteiger partial charge is 0.164 e. The monoisotopic (exact) mass is 427 g/mol. The first-order valence-corrected chi connectivity index (χ1v) is 11.4. The number of hydrogen-bond acceptors (Lipinski definition) is 1. The van der Waals surface area contributed by atoms with Crippen LogP contribution in [-0.4, -0.2) is 4.57 Å². The maximum atomic E-state index is 6.71. The quantitative estimate of drug-likeness (QED) is 0.287. The number of aromatic nitrogens is 1. The lowest BCUT2D eigenvalue weighted by molar-refractivity contribution is 0.234. The number of para-hydroxylation sites is 1. The van der Waals surface area contributed by atoms with Crippen LogP contribution >= 0.6 is 0 Å². The van der Waals surface area contributed by atoms with Gasteiger partial charge in [0.15, 0.2) is 6.10 Å².